The summed E-state index contributed by atoms with van der Waals surface area (Å²) in [5.74, 6) is 0. The fraction of sp³-hybridized carbons (Fsp3) is 1.00. The van der Waals surface area contributed by atoms with Gasteiger partial charge in [-0.05, 0) is 25.7 Å². The highest BCUT2D eigenvalue weighted by atomic mass is 31.3. The molecule has 0 aromatic heterocycles. The van der Waals surface area contributed by atoms with Gasteiger partial charge in [-0.25, -0.2) is 9.13 Å². The van der Waals surface area contributed by atoms with Gasteiger partial charge in [0.15, 0.2) is 0 Å². The maximum absolute atomic E-state index is 12.4. The Morgan fingerprint density at radius 1 is 0.789 bits per heavy atom. The van der Waals surface area contributed by atoms with Crippen LogP contribution < -0.4 is 0 Å². The highest BCUT2D eigenvalue weighted by molar-refractivity contribution is 7.61. The topological polar surface area (TPSA) is 102 Å². The van der Waals surface area contributed by atoms with E-state index >= 15 is 0 Å². The largest absolute Gasteiger partial charge is 0.484 e. The molecule has 0 aromatic rings. The summed E-state index contributed by atoms with van der Waals surface area (Å²) in [7, 11) is -9.12. The maximum atomic E-state index is 12.4. The van der Waals surface area contributed by atoms with Crippen molar-refractivity contribution in [2.75, 3.05) is 0 Å². The third-order valence-electron chi connectivity index (χ3n) is 3.37. The van der Waals surface area contributed by atoms with E-state index in [4.69, 9.17) is 18.8 Å². The van der Waals surface area contributed by atoms with Crippen LogP contribution in [0.5, 0.6) is 0 Å². The lowest BCUT2D eigenvalue weighted by atomic mass is 10.3. The molecule has 0 saturated heterocycles. The van der Waals surface area contributed by atoms with Gasteiger partial charge in [0, 0.05) is 0 Å². The molecule has 0 spiro atoms. The van der Waals surface area contributed by atoms with E-state index in [9.17, 15) is 9.13 Å². The van der Waals surface area contributed by atoms with Gasteiger partial charge in [0.2, 0.25) is 0 Å². The first-order valence-electron chi connectivity index (χ1n) is 6.60. The molecule has 9 heteroatoms. The van der Waals surface area contributed by atoms with Crippen molar-refractivity contribution in [3.63, 3.8) is 0 Å². The second kappa shape index (κ2) is 6.35. The molecule has 2 aliphatic carbocycles. The fourth-order valence-electron chi connectivity index (χ4n) is 2.55. The van der Waals surface area contributed by atoms with Gasteiger partial charge in [-0.1, -0.05) is 25.7 Å². The maximum Gasteiger partial charge on any atom is 0.484 e. The minimum Gasteiger partial charge on any atom is -0.302 e. The number of phosphoric ester groups is 1. The van der Waals surface area contributed by atoms with E-state index in [1.54, 1.807) is 0 Å². The van der Waals surface area contributed by atoms with E-state index in [0.717, 1.165) is 25.7 Å². The van der Waals surface area contributed by atoms with E-state index < -0.39 is 15.6 Å². The summed E-state index contributed by atoms with van der Waals surface area (Å²) in [4.78, 5) is 17.7. The first-order valence-corrected chi connectivity index (χ1v) is 9.59. The lowest BCUT2D eigenvalue weighted by Gasteiger charge is -2.23. The quantitative estimate of drug-likeness (QED) is 0.726. The molecule has 2 rings (SSSR count). The Hall–Kier alpha value is 0.260. The van der Waals surface area contributed by atoms with Crippen LogP contribution in [0.3, 0.4) is 0 Å². The summed E-state index contributed by atoms with van der Waals surface area (Å²) >= 11 is 0. The number of hydrogen-bond donors (Lipinski definition) is 2. The highest BCUT2D eigenvalue weighted by Crippen LogP contribution is 2.63. The van der Waals surface area contributed by atoms with Gasteiger partial charge < -0.3 is 9.79 Å². The summed E-state index contributed by atoms with van der Waals surface area (Å²) in [6.45, 7) is 0. The molecule has 2 fully saturated rings. The average Bonchev–Trinajstić information content (AvgIpc) is 2.87. The van der Waals surface area contributed by atoms with E-state index in [0.29, 0.717) is 25.7 Å². The molecular weight excluding hydrogens is 294 g/mol. The van der Waals surface area contributed by atoms with Crippen LogP contribution >= 0.6 is 15.6 Å². The van der Waals surface area contributed by atoms with Crippen molar-refractivity contribution in [2.45, 2.75) is 63.6 Å². The van der Waals surface area contributed by atoms with E-state index in [1.165, 1.54) is 0 Å². The van der Waals surface area contributed by atoms with Crippen LogP contribution in [0, 0.1) is 0 Å². The van der Waals surface area contributed by atoms with Crippen molar-refractivity contribution < 1.29 is 32.3 Å². The van der Waals surface area contributed by atoms with Crippen LogP contribution in [0.2, 0.25) is 0 Å². The zero-order valence-electron chi connectivity index (χ0n) is 10.6. The third kappa shape index (κ3) is 5.27. The van der Waals surface area contributed by atoms with Crippen LogP contribution in [-0.2, 0) is 22.5 Å². The normalized spacial score (nSPS) is 23.3. The molecule has 2 aliphatic rings. The van der Waals surface area contributed by atoms with Gasteiger partial charge >= 0.3 is 15.6 Å². The second-order valence-electron chi connectivity index (χ2n) is 5.04. The Labute approximate surface area is 112 Å². The third-order valence-corrected chi connectivity index (χ3v) is 6.13. The Bertz CT molecular complexity index is 359. The summed E-state index contributed by atoms with van der Waals surface area (Å²) < 4.78 is 38.2. The van der Waals surface area contributed by atoms with Crippen LogP contribution in [0.4, 0.5) is 0 Å². The highest BCUT2D eigenvalue weighted by Gasteiger charge is 2.41. The molecule has 7 nitrogen and oxygen atoms in total. The van der Waals surface area contributed by atoms with Gasteiger partial charge in [-0.3, -0.25) is 9.05 Å². The van der Waals surface area contributed by atoms with E-state index in [2.05, 4.69) is 4.31 Å². The van der Waals surface area contributed by atoms with Gasteiger partial charge in [0.1, 0.15) is 0 Å². The second-order valence-corrected chi connectivity index (χ2v) is 7.99. The molecule has 2 saturated carbocycles. The number of hydrogen-bond acceptors (Lipinski definition) is 5. The molecule has 2 N–H and O–H groups in total. The van der Waals surface area contributed by atoms with Crippen molar-refractivity contribution in [1.82, 2.24) is 0 Å². The zero-order chi connectivity index (χ0) is 13.9. The predicted octanol–water partition coefficient (Wildman–Crippen LogP) is 3.12. The van der Waals surface area contributed by atoms with E-state index in [1.807, 2.05) is 0 Å². The molecule has 0 bridgehead atoms. The molecule has 0 aromatic carbocycles. The molecule has 0 amide bonds. The lowest BCUT2D eigenvalue weighted by Crippen LogP contribution is -2.13. The van der Waals surface area contributed by atoms with Crippen LogP contribution in [0.25, 0.3) is 0 Å². The summed E-state index contributed by atoms with van der Waals surface area (Å²) in [5, 5.41) is 0. The Kier molecular flexibility index (Phi) is 5.23. The zero-order valence-corrected chi connectivity index (χ0v) is 12.4. The van der Waals surface area contributed by atoms with Gasteiger partial charge in [-0.15, -0.1) is 0 Å². The molecule has 0 radical (unpaired) electrons. The SMILES string of the molecule is O=P(O)(O)OP(=O)(OC1CCCC1)OC1CCCC1. The van der Waals surface area contributed by atoms with Gasteiger partial charge in [0.05, 0.1) is 12.2 Å². The Balaban J connectivity index is 2.01. The van der Waals surface area contributed by atoms with Gasteiger partial charge in [0.25, 0.3) is 0 Å². The molecule has 0 unspecified atom stereocenters. The average molecular weight is 314 g/mol. The summed E-state index contributed by atoms with van der Waals surface area (Å²) in [5.41, 5.74) is 0. The van der Waals surface area contributed by atoms with Crippen molar-refractivity contribution in [2.24, 2.45) is 0 Å². The van der Waals surface area contributed by atoms with Crippen molar-refractivity contribution >= 4 is 15.6 Å². The lowest BCUT2D eigenvalue weighted by molar-refractivity contribution is 0.0756. The predicted molar refractivity (Wildman–Crippen MR) is 67.4 cm³/mol. The van der Waals surface area contributed by atoms with E-state index in [-0.39, 0.29) is 12.2 Å². The molecule has 0 heterocycles. The molecular formula is C10H20O7P2. The fourth-order valence-corrected chi connectivity index (χ4v) is 5.10. The molecule has 0 atom stereocenters. The Morgan fingerprint density at radius 2 is 1.16 bits per heavy atom. The standard InChI is InChI=1S/C10H20O7P2/c11-18(12,13)17-19(14,15-9-5-1-2-6-9)16-10-7-3-4-8-10/h9-10H,1-8H2,(H2,11,12,13). The molecule has 0 aliphatic heterocycles. The van der Waals surface area contributed by atoms with Gasteiger partial charge in [-0.2, -0.15) is 4.31 Å². The monoisotopic (exact) mass is 314 g/mol. The minimum atomic E-state index is -4.91. The molecule has 19 heavy (non-hydrogen) atoms. The van der Waals surface area contributed by atoms with Crippen LogP contribution in [0.15, 0.2) is 0 Å². The first kappa shape index (κ1) is 15.6. The number of phosphoric acid groups is 2. The van der Waals surface area contributed by atoms with Crippen LogP contribution in [0.1, 0.15) is 51.4 Å². The Morgan fingerprint density at radius 3 is 1.47 bits per heavy atom. The smallest absolute Gasteiger partial charge is 0.302 e. The summed E-state index contributed by atoms with van der Waals surface area (Å²) in [6.07, 6.45) is 6.02. The van der Waals surface area contributed by atoms with Crippen molar-refractivity contribution in [3.05, 3.63) is 0 Å². The first-order chi connectivity index (χ1) is 8.86. The minimum absolute atomic E-state index is 0.307. The summed E-state index contributed by atoms with van der Waals surface area (Å²) in [6, 6.07) is 0. The molecule has 112 valence electrons. The van der Waals surface area contributed by atoms with Crippen molar-refractivity contribution in [1.29, 1.82) is 0 Å². The van der Waals surface area contributed by atoms with Crippen molar-refractivity contribution in [3.8, 4) is 0 Å². The number of rotatable bonds is 6. The van der Waals surface area contributed by atoms with Crippen LogP contribution in [-0.4, -0.2) is 22.0 Å².